The summed E-state index contributed by atoms with van der Waals surface area (Å²) in [6, 6.07) is 2.91. The molecule has 0 aromatic carbocycles. The van der Waals surface area contributed by atoms with Gasteiger partial charge in [0.05, 0.1) is 4.91 Å². The maximum Gasteiger partial charge on any atom is 0.326 e. The van der Waals surface area contributed by atoms with Gasteiger partial charge in [-0.05, 0) is 29.9 Å². The number of amides is 1. The first-order chi connectivity index (χ1) is 9.90. The smallest absolute Gasteiger partial charge is 0.326 e. The molecule has 1 aromatic rings. The van der Waals surface area contributed by atoms with Crippen LogP contribution in [0.2, 0.25) is 0 Å². The number of nitrogens with zero attached hydrogens (tertiary/aromatic N) is 1. The summed E-state index contributed by atoms with van der Waals surface area (Å²) in [5, 5.41) is 11.3. The SMILES string of the molecule is CC(C)C[C@@H](C(=O)O)N1C(=O)C(=Cc2cccs2)SC1=S. The van der Waals surface area contributed by atoms with Crippen molar-refractivity contribution in [3.05, 3.63) is 27.3 Å². The zero-order valence-corrected chi connectivity index (χ0v) is 14.1. The van der Waals surface area contributed by atoms with Crippen LogP contribution in [0.25, 0.3) is 6.08 Å². The number of thioether (sulfide) groups is 1. The molecule has 1 saturated heterocycles. The van der Waals surface area contributed by atoms with Gasteiger partial charge in [0.15, 0.2) is 0 Å². The minimum atomic E-state index is -1.02. The third-order valence-electron chi connectivity index (χ3n) is 2.93. The standard InChI is InChI=1S/C14H15NO3S3/c1-8(2)6-10(13(17)18)15-12(16)11(21-14(15)19)7-9-4-3-5-20-9/h3-5,7-8,10H,6H2,1-2H3,(H,17,18)/t10-/m0/s1. The number of hydrogen-bond acceptors (Lipinski definition) is 5. The van der Waals surface area contributed by atoms with Crippen molar-refractivity contribution in [1.29, 1.82) is 0 Å². The summed E-state index contributed by atoms with van der Waals surface area (Å²) >= 11 is 7.89. The fourth-order valence-electron chi connectivity index (χ4n) is 2.01. The molecule has 1 aliphatic heterocycles. The second-order valence-corrected chi connectivity index (χ2v) is 7.71. The van der Waals surface area contributed by atoms with Gasteiger partial charge in [-0.2, -0.15) is 0 Å². The topological polar surface area (TPSA) is 57.6 Å². The lowest BCUT2D eigenvalue weighted by molar-refractivity contribution is -0.145. The van der Waals surface area contributed by atoms with E-state index in [9.17, 15) is 14.7 Å². The molecule has 112 valence electrons. The van der Waals surface area contributed by atoms with Crippen molar-refractivity contribution in [2.75, 3.05) is 0 Å². The first-order valence-electron chi connectivity index (χ1n) is 6.43. The number of carboxylic acids is 1. The van der Waals surface area contributed by atoms with Crippen LogP contribution < -0.4 is 0 Å². The Bertz CT molecular complexity index is 593. The molecule has 21 heavy (non-hydrogen) atoms. The maximum absolute atomic E-state index is 12.5. The fraction of sp³-hybridized carbons (Fsp3) is 0.357. The molecule has 1 N–H and O–H groups in total. The van der Waals surface area contributed by atoms with E-state index in [2.05, 4.69) is 0 Å². The summed E-state index contributed by atoms with van der Waals surface area (Å²) in [6.07, 6.45) is 2.15. The van der Waals surface area contributed by atoms with Gasteiger partial charge in [-0.1, -0.05) is 43.9 Å². The molecule has 1 amide bonds. The van der Waals surface area contributed by atoms with Crippen molar-refractivity contribution >= 4 is 57.6 Å². The number of thiocarbonyl (C=S) groups is 1. The van der Waals surface area contributed by atoms with Gasteiger partial charge in [-0.25, -0.2) is 4.79 Å². The lowest BCUT2D eigenvalue weighted by atomic mass is 10.0. The second-order valence-electron chi connectivity index (χ2n) is 5.05. The molecule has 1 atom stereocenters. The molecular weight excluding hydrogens is 326 g/mol. The van der Waals surface area contributed by atoms with Crippen molar-refractivity contribution in [1.82, 2.24) is 4.90 Å². The van der Waals surface area contributed by atoms with Crippen LogP contribution in [0.3, 0.4) is 0 Å². The van der Waals surface area contributed by atoms with E-state index in [1.807, 2.05) is 31.4 Å². The zero-order valence-electron chi connectivity index (χ0n) is 11.6. The van der Waals surface area contributed by atoms with Crippen molar-refractivity contribution in [3.63, 3.8) is 0 Å². The Hall–Kier alpha value is -1.18. The molecule has 1 aromatic heterocycles. The van der Waals surface area contributed by atoms with Crippen LogP contribution in [0.4, 0.5) is 0 Å². The number of carbonyl (C=O) groups is 2. The van der Waals surface area contributed by atoms with Gasteiger partial charge in [0.2, 0.25) is 0 Å². The largest absolute Gasteiger partial charge is 0.480 e. The molecule has 0 saturated carbocycles. The van der Waals surface area contributed by atoms with Crippen molar-refractivity contribution in [2.24, 2.45) is 5.92 Å². The molecular formula is C14H15NO3S3. The predicted molar refractivity (Wildman–Crippen MR) is 90.2 cm³/mol. The minimum absolute atomic E-state index is 0.164. The van der Waals surface area contributed by atoms with E-state index in [1.165, 1.54) is 28.0 Å². The van der Waals surface area contributed by atoms with E-state index in [0.29, 0.717) is 15.6 Å². The van der Waals surface area contributed by atoms with Gasteiger partial charge in [-0.3, -0.25) is 9.69 Å². The van der Waals surface area contributed by atoms with Crippen molar-refractivity contribution in [3.8, 4) is 0 Å². The molecule has 2 heterocycles. The summed E-state index contributed by atoms with van der Waals surface area (Å²) in [5.41, 5.74) is 0. The van der Waals surface area contributed by atoms with Crippen LogP contribution in [0.15, 0.2) is 22.4 Å². The van der Waals surface area contributed by atoms with Gasteiger partial charge in [0, 0.05) is 4.88 Å². The molecule has 0 unspecified atom stereocenters. The summed E-state index contributed by atoms with van der Waals surface area (Å²) in [4.78, 5) is 26.6. The van der Waals surface area contributed by atoms with E-state index in [4.69, 9.17) is 12.2 Å². The third kappa shape index (κ3) is 3.72. The Morgan fingerprint density at radius 2 is 2.24 bits per heavy atom. The Kier molecular flexibility index (Phi) is 5.18. The van der Waals surface area contributed by atoms with Crippen LogP contribution in [-0.4, -0.2) is 32.2 Å². The second kappa shape index (κ2) is 6.72. The highest BCUT2D eigenvalue weighted by atomic mass is 32.2. The summed E-state index contributed by atoms with van der Waals surface area (Å²) in [6.45, 7) is 3.85. The molecule has 0 spiro atoms. The number of hydrogen-bond donors (Lipinski definition) is 1. The van der Waals surface area contributed by atoms with Gasteiger partial charge in [-0.15, -0.1) is 11.3 Å². The highest BCUT2D eigenvalue weighted by molar-refractivity contribution is 8.26. The van der Waals surface area contributed by atoms with Crippen molar-refractivity contribution in [2.45, 2.75) is 26.3 Å². The number of carbonyl (C=O) groups excluding carboxylic acids is 1. The lowest BCUT2D eigenvalue weighted by Crippen LogP contribution is -2.44. The molecule has 7 heteroatoms. The Morgan fingerprint density at radius 1 is 1.52 bits per heavy atom. The van der Waals surface area contributed by atoms with Crippen LogP contribution in [-0.2, 0) is 9.59 Å². The summed E-state index contributed by atoms with van der Waals surface area (Å²) < 4.78 is 0.316. The maximum atomic E-state index is 12.5. The Balaban J connectivity index is 2.27. The molecule has 2 rings (SSSR count). The monoisotopic (exact) mass is 341 g/mol. The van der Waals surface area contributed by atoms with Crippen molar-refractivity contribution < 1.29 is 14.7 Å². The molecule has 0 bridgehead atoms. The van der Waals surface area contributed by atoms with E-state index < -0.39 is 12.0 Å². The van der Waals surface area contributed by atoms with Gasteiger partial charge >= 0.3 is 5.97 Å². The normalized spacial score (nSPS) is 18.8. The van der Waals surface area contributed by atoms with Crippen LogP contribution in [0.5, 0.6) is 0 Å². The highest BCUT2D eigenvalue weighted by Gasteiger charge is 2.40. The van der Waals surface area contributed by atoms with Crippen LogP contribution in [0.1, 0.15) is 25.1 Å². The van der Waals surface area contributed by atoms with E-state index in [-0.39, 0.29) is 11.8 Å². The van der Waals surface area contributed by atoms with E-state index in [1.54, 1.807) is 6.08 Å². The minimum Gasteiger partial charge on any atom is -0.480 e. The van der Waals surface area contributed by atoms with Gasteiger partial charge in [0.1, 0.15) is 10.4 Å². The van der Waals surface area contributed by atoms with Gasteiger partial charge < -0.3 is 5.11 Å². The van der Waals surface area contributed by atoms with Crippen LogP contribution in [0, 0.1) is 5.92 Å². The summed E-state index contributed by atoms with van der Waals surface area (Å²) in [5.74, 6) is -1.17. The molecule has 1 fully saturated rings. The Morgan fingerprint density at radius 3 is 2.76 bits per heavy atom. The molecule has 0 aliphatic carbocycles. The predicted octanol–water partition coefficient (Wildman–Crippen LogP) is 3.45. The average Bonchev–Trinajstić information content (AvgIpc) is 2.97. The number of thiophene rings is 1. The first-order valence-corrected chi connectivity index (χ1v) is 8.54. The van der Waals surface area contributed by atoms with E-state index in [0.717, 1.165) is 4.88 Å². The lowest BCUT2D eigenvalue weighted by Gasteiger charge is -2.24. The molecule has 4 nitrogen and oxygen atoms in total. The molecule has 1 aliphatic rings. The molecule has 0 radical (unpaired) electrons. The fourth-order valence-corrected chi connectivity index (χ4v) is 4.09. The van der Waals surface area contributed by atoms with Crippen LogP contribution >= 0.6 is 35.3 Å². The number of aliphatic carboxylic acids is 1. The van der Waals surface area contributed by atoms with E-state index >= 15 is 0 Å². The highest BCUT2D eigenvalue weighted by Crippen LogP contribution is 2.35. The number of carboxylic acid groups (broad SMARTS) is 1. The Labute approximate surface area is 136 Å². The zero-order chi connectivity index (χ0) is 15.6. The average molecular weight is 341 g/mol. The summed E-state index contributed by atoms with van der Waals surface area (Å²) in [7, 11) is 0. The quantitative estimate of drug-likeness (QED) is 0.657. The third-order valence-corrected chi connectivity index (χ3v) is 5.08. The number of rotatable bonds is 5. The van der Waals surface area contributed by atoms with Gasteiger partial charge in [0.25, 0.3) is 5.91 Å². The first kappa shape index (κ1) is 16.2.